The van der Waals surface area contributed by atoms with E-state index >= 15 is 0 Å². The van der Waals surface area contributed by atoms with Crippen LogP contribution in [-0.4, -0.2) is 48.3 Å². The average molecular weight is 818 g/mol. The number of carbonyl (C=O) groups is 2. The Bertz CT molecular complexity index is 2280. The van der Waals surface area contributed by atoms with Crippen molar-refractivity contribution in [2.24, 2.45) is 0 Å². The van der Waals surface area contributed by atoms with Gasteiger partial charge in [-0.25, -0.2) is 21.8 Å². The first-order valence-electron chi connectivity index (χ1n) is 14.7. The number of alkyl halides is 3. The van der Waals surface area contributed by atoms with Crippen molar-refractivity contribution < 1.29 is 44.1 Å². The van der Waals surface area contributed by atoms with Crippen molar-refractivity contribution in [1.29, 1.82) is 0 Å². The zero-order valence-electron chi connectivity index (χ0n) is 27.5. The second-order valence-corrected chi connectivity index (χ2v) is 18.6. The lowest BCUT2D eigenvalue weighted by molar-refractivity contribution is -0.137. The molecule has 0 atom stereocenters. The Kier molecular flexibility index (Phi) is 12.0. The standard InChI is InChI=1S/C17H15ClN2O4S2.C16H14ClF3N2O3S/c1-17(2,26(22,23)12-7-5-11(18)6-8-12)16(21)19-15-10-13(20-24-15)14-4-3-9-25-14;1-15(2,26(24,25)11-7-5-10(17)6-8-11)14(23)22-13-12(16(18,19)20)4-3-9-21-13/h3-10H,1-2H3,(H,19,21);3-9H,1-2H3,(H,21,22,23). The maximum absolute atomic E-state index is 13.0. The summed E-state index contributed by atoms with van der Waals surface area (Å²) in [6.45, 7) is 4.87. The number of rotatable bonds is 9. The van der Waals surface area contributed by atoms with Crippen LogP contribution in [0.3, 0.4) is 0 Å². The largest absolute Gasteiger partial charge is 0.419 e. The van der Waals surface area contributed by atoms with Crippen LogP contribution in [0.4, 0.5) is 24.9 Å². The van der Waals surface area contributed by atoms with E-state index in [1.54, 1.807) is 6.07 Å². The third-order valence-corrected chi connectivity index (χ3v) is 13.8. The molecule has 0 fully saturated rings. The van der Waals surface area contributed by atoms with E-state index in [4.69, 9.17) is 27.7 Å². The number of amides is 2. The molecule has 0 aliphatic heterocycles. The highest BCUT2D eigenvalue weighted by molar-refractivity contribution is 7.94. The van der Waals surface area contributed by atoms with Crippen molar-refractivity contribution in [3.8, 4) is 10.6 Å². The van der Waals surface area contributed by atoms with Gasteiger partial charge in [-0.2, -0.15) is 13.2 Å². The number of benzene rings is 2. The fraction of sp³-hybridized carbons (Fsp3) is 0.212. The number of carbonyl (C=O) groups excluding carboxylic acids is 2. The van der Waals surface area contributed by atoms with Crippen molar-refractivity contribution in [2.45, 2.75) is 53.2 Å². The number of nitrogens with zero attached hydrogens (tertiary/aromatic N) is 2. The number of aromatic nitrogens is 2. The molecule has 0 aliphatic carbocycles. The first-order valence-corrected chi connectivity index (χ1v) is 19.4. The SMILES string of the molecule is CC(C)(C(=O)Nc1cc(-c2cccs2)no1)S(=O)(=O)c1ccc(Cl)cc1.CC(C)(C(=O)Nc1ncccc1C(F)(F)F)S(=O)(=O)c1ccc(Cl)cc1. The highest BCUT2D eigenvalue weighted by Crippen LogP contribution is 2.35. The minimum atomic E-state index is -4.75. The van der Waals surface area contributed by atoms with Gasteiger partial charge in [-0.05, 0) is 99.8 Å². The molecule has 19 heteroatoms. The molecule has 11 nitrogen and oxygen atoms in total. The van der Waals surface area contributed by atoms with Gasteiger partial charge in [0, 0.05) is 22.3 Å². The van der Waals surface area contributed by atoms with Crippen LogP contribution in [0.1, 0.15) is 33.3 Å². The Balaban J connectivity index is 0.000000233. The van der Waals surface area contributed by atoms with E-state index in [1.807, 2.05) is 22.8 Å². The van der Waals surface area contributed by atoms with E-state index in [-0.39, 0.29) is 15.7 Å². The summed E-state index contributed by atoms with van der Waals surface area (Å²) in [6, 6.07) is 17.9. The molecule has 3 aromatic heterocycles. The summed E-state index contributed by atoms with van der Waals surface area (Å²) in [4.78, 5) is 29.3. The molecular formula is C33H29Cl2F3N4O7S3. The third-order valence-electron chi connectivity index (χ3n) is 7.55. The molecule has 0 radical (unpaired) electrons. The number of sulfone groups is 2. The van der Waals surface area contributed by atoms with Crippen LogP contribution in [0.15, 0.2) is 105 Å². The Hall–Kier alpha value is -4.29. The highest BCUT2D eigenvalue weighted by Gasteiger charge is 2.45. The lowest BCUT2D eigenvalue weighted by atomic mass is 10.2. The summed E-state index contributed by atoms with van der Waals surface area (Å²) >= 11 is 13.0. The maximum Gasteiger partial charge on any atom is 0.419 e. The van der Waals surface area contributed by atoms with Crippen molar-refractivity contribution >= 4 is 77.7 Å². The van der Waals surface area contributed by atoms with Crippen LogP contribution in [0.2, 0.25) is 10.0 Å². The van der Waals surface area contributed by atoms with Crippen molar-refractivity contribution in [3.63, 3.8) is 0 Å². The zero-order chi connectivity index (χ0) is 38.7. The Morgan fingerprint density at radius 3 is 1.71 bits per heavy atom. The molecule has 2 N–H and O–H groups in total. The van der Waals surface area contributed by atoms with Crippen LogP contribution >= 0.6 is 34.5 Å². The minimum absolute atomic E-state index is 0.0129. The van der Waals surface area contributed by atoms with Crippen LogP contribution in [0.5, 0.6) is 0 Å². The van der Waals surface area contributed by atoms with Crippen LogP contribution in [0, 0.1) is 0 Å². The molecule has 5 aromatic rings. The Labute approximate surface area is 311 Å². The second-order valence-electron chi connectivity index (χ2n) is 11.8. The summed E-state index contributed by atoms with van der Waals surface area (Å²) in [6.07, 6.45) is -3.69. The summed E-state index contributed by atoms with van der Waals surface area (Å²) in [5.41, 5.74) is -0.610. The van der Waals surface area contributed by atoms with Crippen LogP contribution < -0.4 is 10.6 Å². The van der Waals surface area contributed by atoms with Crippen molar-refractivity contribution in [3.05, 3.63) is 106 Å². The van der Waals surface area contributed by atoms with E-state index in [2.05, 4.69) is 15.5 Å². The second kappa shape index (κ2) is 15.4. The van der Waals surface area contributed by atoms with Crippen LogP contribution in [0.25, 0.3) is 10.6 Å². The molecule has 0 saturated heterocycles. The molecule has 0 bridgehead atoms. The molecule has 0 saturated carbocycles. The third kappa shape index (κ3) is 8.66. The van der Waals surface area contributed by atoms with E-state index in [1.165, 1.54) is 73.7 Å². The number of hydrogen-bond acceptors (Lipinski definition) is 10. The summed E-state index contributed by atoms with van der Waals surface area (Å²) in [5.74, 6) is -2.54. The molecule has 52 heavy (non-hydrogen) atoms. The van der Waals surface area contributed by atoms with Gasteiger partial charge in [-0.1, -0.05) is 34.4 Å². The minimum Gasteiger partial charge on any atom is -0.338 e. The van der Waals surface area contributed by atoms with Crippen molar-refractivity contribution in [2.75, 3.05) is 10.6 Å². The first-order chi connectivity index (χ1) is 24.1. The van der Waals surface area contributed by atoms with Crippen molar-refractivity contribution in [1.82, 2.24) is 10.1 Å². The normalized spacial score (nSPS) is 12.4. The molecule has 2 amide bonds. The molecular weight excluding hydrogens is 788 g/mol. The smallest absolute Gasteiger partial charge is 0.338 e. The number of halogens is 5. The quantitative estimate of drug-likeness (QED) is 0.149. The lowest BCUT2D eigenvalue weighted by Gasteiger charge is -2.24. The number of hydrogen-bond donors (Lipinski definition) is 2. The van der Waals surface area contributed by atoms with Gasteiger partial charge in [0.15, 0.2) is 19.7 Å². The molecule has 0 aliphatic rings. The van der Waals surface area contributed by atoms with Gasteiger partial charge >= 0.3 is 6.18 Å². The summed E-state index contributed by atoms with van der Waals surface area (Å²) < 4.78 is 91.5. The van der Waals surface area contributed by atoms with E-state index in [9.17, 15) is 39.6 Å². The number of thiophene rings is 1. The fourth-order valence-corrected chi connectivity index (χ4v) is 7.88. The average Bonchev–Trinajstić information content (AvgIpc) is 3.78. The molecule has 2 aromatic carbocycles. The highest BCUT2D eigenvalue weighted by atomic mass is 35.5. The number of nitrogens with one attached hydrogen (secondary N) is 2. The van der Waals surface area contributed by atoms with Gasteiger partial charge in [0.1, 0.15) is 21.0 Å². The fourth-order valence-electron chi connectivity index (χ4n) is 4.19. The summed E-state index contributed by atoms with van der Waals surface area (Å²) in [7, 11) is -8.14. The Morgan fingerprint density at radius 1 is 0.750 bits per heavy atom. The number of pyridine rings is 1. The van der Waals surface area contributed by atoms with Gasteiger partial charge in [-0.15, -0.1) is 11.3 Å². The van der Waals surface area contributed by atoms with Gasteiger partial charge < -0.3 is 9.84 Å². The predicted molar refractivity (Wildman–Crippen MR) is 192 cm³/mol. The van der Waals surface area contributed by atoms with Gasteiger partial charge in [-0.3, -0.25) is 14.9 Å². The van der Waals surface area contributed by atoms with E-state index in [0.29, 0.717) is 15.7 Å². The molecule has 276 valence electrons. The first kappa shape index (κ1) is 40.5. The monoisotopic (exact) mass is 816 g/mol. The molecule has 0 spiro atoms. The van der Waals surface area contributed by atoms with Gasteiger partial charge in [0.25, 0.3) is 0 Å². The van der Waals surface area contributed by atoms with Gasteiger partial charge in [0.05, 0.1) is 20.2 Å². The summed E-state index contributed by atoms with van der Waals surface area (Å²) in [5, 5.41) is 10.9. The van der Waals surface area contributed by atoms with Crippen LogP contribution in [-0.2, 0) is 35.4 Å². The Morgan fingerprint density at radius 2 is 1.25 bits per heavy atom. The van der Waals surface area contributed by atoms with E-state index in [0.717, 1.165) is 37.1 Å². The zero-order valence-corrected chi connectivity index (χ0v) is 31.5. The predicted octanol–water partition coefficient (Wildman–Crippen LogP) is 8.19. The maximum atomic E-state index is 13.0. The lowest BCUT2D eigenvalue weighted by Crippen LogP contribution is -2.44. The van der Waals surface area contributed by atoms with E-state index < -0.39 is 58.5 Å². The van der Waals surface area contributed by atoms with Gasteiger partial charge in [0.2, 0.25) is 17.7 Å². The molecule has 5 rings (SSSR count). The molecule has 0 unspecified atom stereocenters. The molecule has 3 heterocycles. The topological polar surface area (TPSA) is 165 Å². The number of anilines is 2.